The van der Waals surface area contributed by atoms with Crippen molar-refractivity contribution in [3.8, 4) is 5.75 Å². The van der Waals surface area contributed by atoms with E-state index in [1.54, 1.807) is 9.80 Å². The van der Waals surface area contributed by atoms with Crippen LogP contribution in [-0.2, 0) is 21.3 Å². The van der Waals surface area contributed by atoms with E-state index in [4.69, 9.17) is 50.3 Å². The van der Waals surface area contributed by atoms with Crippen LogP contribution in [0.3, 0.4) is 0 Å². The van der Waals surface area contributed by atoms with Crippen LogP contribution in [0.25, 0.3) is 0 Å². The van der Waals surface area contributed by atoms with Gasteiger partial charge in [-0.1, -0.05) is 79.8 Å². The number of carbonyl (C=O) groups excluding carboxylic acids is 2. The number of primary amides is 1. The molecule has 0 aliphatic carbocycles. The molecule has 2 heterocycles. The van der Waals surface area contributed by atoms with Gasteiger partial charge in [0.05, 0.1) is 18.7 Å². The highest BCUT2D eigenvalue weighted by Crippen LogP contribution is 2.54. The van der Waals surface area contributed by atoms with Crippen LogP contribution in [0.5, 0.6) is 5.75 Å². The highest BCUT2D eigenvalue weighted by molar-refractivity contribution is 6.32. The van der Waals surface area contributed by atoms with E-state index in [2.05, 4.69) is 20.8 Å². The van der Waals surface area contributed by atoms with Gasteiger partial charge in [-0.05, 0) is 79.3 Å². The van der Waals surface area contributed by atoms with E-state index in [9.17, 15) is 4.79 Å². The van der Waals surface area contributed by atoms with Crippen molar-refractivity contribution >= 4 is 52.6 Å². The topological polar surface area (TPSA) is 91.5 Å². The van der Waals surface area contributed by atoms with Gasteiger partial charge in [0.2, 0.25) is 5.91 Å². The number of amidine groups is 1. The molecule has 2 atom stereocenters. The number of hydrogen-bond donors (Lipinski definition) is 1. The summed E-state index contributed by atoms with van der Waals surface area (Å²) in [6.45, 7) is 14.7. The first kappa shape index (κ1) is 35.0. The molecule has 0 bridgehead atoms. The molecule has 2 aliphatic heterocycles. The van der Waals surface area contributed by atoms with E-state index in [1.807, 2.05) is 86.3 Å². The second kappa shape index (κ2) is 13.3. The summed E-state index contributed by atoms with van der Waals surface area (Å²) in [4.78, 5) is 37.7. The molecule has 0 saturated carbocycles. The Hall–Kier alpha value is -3.30. The summed E-state index contributed by atoms with van der Waals surface area (Å²) < 4.78 is 6.27. The summed E-state index contributed by atoms with van der Waals surface area (Å²) in [5.41, 5.74) is 6.41. The van der Waals surface area contributed by atoms with Crippen LogP contribution in [0.4, 0.5) is 4.79 Å². The van der Waals surface area contributed by atoms with Gasteiger partial charge in [0, 0.05) is 41.2 Å². The minimum absolute atomic E-state index is 0.145. The predicted molar refractivity (Wildman–Crippen MR) is 190 cm³/mol. The van der Waals surface area contributed by atoms with Crippen LogP contribution in [0.1, 0.15) is 63.8 Å². The van der Waals surface area contributed by atoms with Gasteiger partial charge in [-0.2, -0.15) is 0 Å². The Labute approximate surface area is 292 Å². The zero-order valence-corrected chi connectivity index (χ0v) is 30.0. The van der Waals surface area contributed by atoms with Crippen LogP contribution in [0, 0.1) is 0 Å². The van der Waals surface area contributed by atoms with Gasteiger partial charge < -0.3 is 15.4 Å². The van der Waals surface area contributed by atoms with Crippen molar-refractivity contribution in [1.29, 1.82) is 0 Å². The Morgan fingerprint density at radius 3 is 1.96 bits per heavy atom. The van der Waals surface area contributed by atoms with Crippen molar-refractivity contribution < 1.29 is 14.3 Å². The number of carbonyl (C=O) groups is 2. The highest BCUT2D eigenvalue weighted by Gasteiger charge is 2.60. The number of nitrogens with zero attached hydrogens (tertiary/aromatic N) is 4. The maximum Gasteiger partial charge on any atom is 0.326 e. The zero-order chi connectivity index (χ0) is 34.3. The zero-order valence-electron chi connectivity index (χ0n) is 27.7. The second-order valence-electron chi connectivity index (χ2n) is 13.5. The Morgan fingerprint density at radius 2 is 1.45 bits per heavy atom. The Kier molecular flexibility index (Phi) is 9.91. The minimum atomic E-state index is -1.05. The fourth-order valence-corrected chi connectivity index (χ4v) is 7.30. The third kappa shape index (κ3) is 6.58. The van der Waals surface area contributed by atoms with Crippen molar-refractivity contribution in [2.75, 3.05) is 39.3 Å². The lowest BCUT2D eigenvalue weighted by atomic mass is 9.71. The Bertz CT molecular complexity index is 1680. The molecule has 2 N–H and O–H groups in total. The van der Waals surface area contributed by atoms with E-state index >= 15 is 4.79 Å². The monoisotopic (exact) mass is 697 g/mol. The Morgan fingerprint density at radius 1 is 0.894 bits per heavy atom. The van der Waals surface area contributed by atoms with E-state index in [-0.39, 0.29) is 18.0 Å². The number of halogens is 3. The molecule has 0 spiro atoms. The fourth-order valence-electron chi connectivity index (χ4n) is 6.60. The molecule has 0 aromatic heterocycles. The average molecular weight is 699 g/mol. The summed E-state index contributed by atoms with van der Waals surface area (Å²) in [7, 11) is 0. The molecule has 47 heavy (non-hydrogen) atoms. The first-order valence-electron chi connectivity index (χ1n) is 15.8. The number of piperazine rings is 1. The van der Waals surface area contributed by atoms with Crippen LogP contribution in [-0.4, -0.2) is 71.8 Å². The van der Waals surface area contributed by atoms with Gasteiger partial charge in [-0.15, -0.1) is 0 Å². The van der Waals surface area contributed by atoms with Crippen LogP contribution in [0.2, 0.25) is 15.1 Å². The van der Waals surface area contributed by atoms with Crippen molar-refractivity contribution in [3.63, 3.8) is 0 Å². The number of ether oxygens (including phenoxy) is 1. The van der Waals surface area contributed by atoms with Gasteiger partial charge >= 0.3 is 6.03 Å². The smallest absolute Gasteiger partial charge is 0.326 e. The van der Waals surface area contributed by atoms with Crippen molar-refractivity contribution in [2.45, 2.75) is 58.0 Å². The quantitative estimate of drug-likeness (QED) is 0.278. The molecule has 1 fully saturated rings. The molecular weight excluding hydrogens is 657 g/mol. The molecule has 250 valence electrons. The van der Waals surface area contributed by atoms with Crippen molar-refractivity contribution in [1.82, 2.24) is 14.7 Å². The largest absolute Gasteiger partial charge is 0.493 e. The number of aliphatic imine (C=N–C) groups is 1. The number of nitrogens with two attached hydrogens (primary N) is 1. The van der Waals surface area contributed by atoms with Gasteiger partial charge in [0.25, 0.3) is 0 Å². The van der Waals surface area contributed by atoms with E-state index < -0.39 is 17.0 Å². The van der Waals surface area contributed by atoms with Crippen LogP contribution < -0.4 is 10.5 Å². The number of benzene rings is 3. The number of hydrogen-bond acceptors (Lipinski definition) is 5. The SMILES string of the molecule is CCOc1cc(C(C)(C)C)c(Cl)cc1C1=NC(C)(c2ccc(Cl)cc2)C(C)(c2ccc(Cl)cc2)N1C(=O)N1CCN(CC(N)=O)CC1. The maximum atomic E-state index is 15.1. The molecule has 8 nitrogen and oxygen atoms in total. The maximum absolute atomic E-state index is 15.1. The molecule has 5 rings (SSSR count). The normalized spacial score (nSPS) is 21.9. The molecule has 2 unspecified atom stereocenters. The van der Waals surface area contributed by atoms with Gasteiger partial charge in [-0.25, -0.2) is 4.79 Å². The molecule has 3 amide bonds. The second-order valence-corrected chi connectivity index (χ2v) is 14.7. The lowest BCUT2D eigenvalue weighted by Crippen LogP contribution is -2.61. The summed E-state index contributed by atoms with van der Waals surface area (Å²) in [6.07, 6.45) is 0. The molecule has 3 aromatic rings. The van der Waals surface area contributed by atoms with E-state index in [0.29, 0.717) is 65.0 Å². The highest BCUT2D eigenvalue weighted by atomic mass is 35.5. The lowest BCUT2D eigenvalue weighted by Gasteiger charge is -2.47. The number of urea groups is 1. The first-order chi connectivity index (χ1) is 22.1. The van der Waals surface area contributed by atoms with E-state index in [0.717, 1.165) is 16.7 Å². The van der Waals surface area contributed by atoms with Crippen LogP contribution in [0.15, 0.2) is 65.7 Å². The standard InChI is InChI=1S/C36H42Cl3N5O3/c1-7-47-30-21-28(34(2,3)4)29(39)20-27(30)32-41-35(5,23-8-12-25(37)13-9-23)36(6,24-10-14-26(38)15-11-24)44(32)33(46)43-18-16-42(17-19-43)22-31(40)45/h8-15,20-21H,7,16-19,22H2,1-6H3,(H2,40,45). The molecule has 3 aromatic carbocycles. The lowest BCUT2D eigenvalue weighted by molar-refractivity contribution is -0.119. The number of amides is 3. The third-order valence-corrected chi connectivity index (χ3v) is 10.2. The first-order valence-corrected chi connectivity index (χ1v) is 16.9. The molecular formula is C36H42Cl3N5O3. The third-order valence-electron chi connectivity index (χ3n) is 9.38. The van der Waals surface area contributed by atoms with Crippen molar-refractivity contribution in [3.05, 3.63) is 98.0 Å². The summed E-state index contributed by atoms with van der Waals surface area (Å²) >= 11 is 19.8. The predicted octanol–water partition coefficient (Wildman–Crippen LogP) is 7.46. The molecule has 2 aliphatic rings. The number of rotatable bonds is 7. The summed E-state index contributed by atoms with van der Waals surface area (Å²) in [5, 5.41) is 1.73. The van der Waals surface area contributed by atoms with Crippen LogP contribution >= 0.6 is 34.8 Å². The molecule has 0 radical (unpaired) electrons. The Balaban J connectivity index is 1.76. The van der Waals surface area contributed by atoms with Gasteiger partial charge in [-0.3, -0.25) is 19.6 Å². The van der Waals surface area contributed by atoms with Gasteiger partial charge in [0.15, 0.2) is 0 Å². The van der Waals surface area contributed by atoms with Gasteiger partial charge in [0.1, 0.15) is 22.7 Å². The molecule has 1 saturated heterocycles. The van der Waals surface area contributed by atoms with Crippen molar-refractivity contribution in [2.24, 2.45) is 10.7 Å². The summed E-state index contributed by atoms with van der Waals surface area (Å²) in [5.74, 6) is 0.630. The van der Waals surface area contributed by atoms with E-state index in [1.165, 1.54) is 0 Å². The molecule has 11 heteroatoms. The summed E-state index contributed by atoms with van der Waals surface area (Å²) in [6, 6.07) is 18.7. The average Bonchev–Trinajstić information content (AvgIpc) is 3.25. The fraction of sp³-hybridized carbons (Fsp3) is 0.417. The minimum Gasteiger partial charge on any atom is -0.493 e.